The van der Waals surface area contributed by atoms with Gasteiger partial charge in [-0.1, -0.05) is 23.7 Å². The van der Waals surface area contributed by atoms with Gasteiger partial charge in [0.1, 0.15) is 0 Å². The van der Waals surface area contributed by atoms with Gasteiger partial charge in [0, 0.05) is 38.9 Å². The third kappa shape index (κ3) is 6.23. The molecule has 112 valence electrons. The summed E-state index contributed by atoms with van der Waals surface area (Å²) in [6.45, 7) is 2.53. The minimum absolute atomic E-state index is 0.131. The van der Waals surface area contributed by atoms with E-state index in [9.17, 15) is 4.79 Å². The molecule has 0 aliphatic rings. The van der Waals surface area contributed by atoms with E-state index in [4.69, 9.17) is 21.1 Å². The second-order valence-electron chi connectivity index (χ2n) is 4.26. The van der Waals surface area contributed by atoms with Crippen molar-refractivity contribution < 1.29 is 14.3 Å². The number of benzene rings is 1. The molecule has 0 heterocycles. The highest BCUT2D eigenvalue weighted by atomic mass is 35.5. The Hall–Kier alpha value is -1.30. The number of amides is 2. The van der Waals surface area contributed by atoms with Gasteiger partial charge in [0.2, 0.25) is 0 Å². The summed E-state index contributed by atoms with van der Waals surface area (Å²) in [7, 11) is 3.22. The average molecular weight is 301 g/mol. The quantitative estimate of drug-likeness (QED) is 0.800. The van der Waals surface area contributed by atoms with Crippen LogP contribution in [0.1, 0.15) is 5.56 Å². The fourth-order valence-electron chi connectivity index (χ4n) is 1.61. The number of carbonyl (C=O) groups is 1. The van der Waals surface area contributed by atoms with Crippen LogP contribution in [0.2, 0.25) is 5.02 Å². The van der Waals surface area contributed by atoms with Crippen LogP contribution in [0.4, 0.5) is 4.79 Å². The summed E-state index contributed by atoms with van der Waals surface area (Å²) in [6, 6.07) is 7.25. The van der Waals surface area contributed by atoms with Crippen molar-refractivity contribution in [3.05, 3.63) is 34.9 Å². The zero-order chi connectivity index (χ0) is 14.8. The molecule has 0 aromatic heterocycles. The van der Waals surface area contributed by atoms with Gasteiger partial charge in [0.15, 0.2) is 0 Å². The minimum Gasteiger partial charge on any atom is -0.383 e. The maximum atomic E-state index is 12.1. The van der Waals surface area contributed by atoms with Crippen LogP contribution < -0.4 is 5.32 Å². The van der Waals surface area contributed by atoms with E-state index in [1.54, 1.807) is 31.3 Å². The molecule has 0 radical (unpaired) electrons. The maximum Gasteiger partial charge on any atom is 0.317 e. The zero-order valence-corrected chi connectivity index (χ0v) is 12.7. The van der Waals surface area contributed by atoms with Gasteiger partial charge in [-0.05, 0) is 17.7 Å². The first-order valence-electron chi connectivity index (χ1n) is 6.42. The van der Waals surface area contributed by atoms with Crippen molar-refractivity contribution in [3.8, 4) is 0 Å². The van der Waals surface area contributed by atoms with Crippen molar-refractivity contribution in [2.24, 2.45) is 0 Å². The maximum absolute atomic E-state index is 12.1. The first-order valence-corrected chi connectivity index (χ1v) is 6.80. The lowest BCUT2D eigenvalue weighted by Crippen LogP contribution is -2.43. The van der Waals surface area contributed by atoms with Crippen molar-refractivity contribution in [1.29, 1.82) is 0 Å². The van der Waals surface area contributed by atoms with Crippen LogP contribution in [0.25, 0.3) is 0 Å². The molecule has 0 aliphatic heterocycles. The smallest absolute Gasteiger partial charge is 0.317 e. The Labute approximate surface area is 124 Å². The molecule has 2 amide bonds. The summed E-state index contributed by atoms with van der Waals surface area (Å²) in [5, 5.41) is 3.55. The normalized spacial score (nSPS) is 10.3. The highest BCUT2D eigenvalue weighted by molar-refractivity contribution is 6.30. The number of hydrogen-bond donors (Lipinski definition) is 1. The van der Waals surface area contributed by atoms with Crippen molar-refractivity contribution in [2.45, 2.75) is 6.54 Å². The Bertz CT molecular complexity index is 390. The third-order valence-electron chi connectivity index (χ3n) is 2.77. The molecule has 0 unspecified atom stereocenters. The Morgan fingerprint density at radius 2 is 1.70 bits per heavy atom. The SMILES string of the molecule is COCCN(CCOC)C(=O)NCc1ccc(Cl)cc1. The highest BCUT2D eigenvalue weighted by Crippen LogP contribution is 2.09. The van der Waals surface area contributed by atoms with Crippen LogP contribution in [0, 0.1) is 0 Å². The molecule has 0 aliphatic carbocycles. The predicted molar refractivity (Wildman–Crippen MR) is 79.0 cm³/mol. The first kappa shape index (κ1) is 16.8. The van der Waals surface area contributed by atoms with Gasteiger partial charge in [0.25, 0.3) is 0 Å². The monoisotopic (exact) mass is 300 g/mol. The topological polar surface area (TPSA) is 50.8 Å². The summed E-state index contributed by atoms with van der Waals surface area (Å²) in [5.74, 6) is 0. The van der Waals surface area contributed by atoms with E-state index in [2.05, 4.69) is 5.32 Å². The van der Waals surface area contributed by atoms with E-state index >= 15 is 0 Å². The molecule has 0 saturated heterocycles. The lowest BCUT2D eigenvalue weighted by molar-refractivity contribution is 0.122. The molecule has 0 spiro atoms. The summed E-state index contributed by atoms with van der Waals surface area (Å²) in [6.07, 6.45) is 0. The number of methoxy groups -OCH3 is 2. The molecule has 6 heteroatoms. The fraction of sp³-hybridized carbons (Fsp3) is 0.500. The molecule has 0 saturated carbocycles. The number of ether oxygens (including phenoxy) is 2. The summed E-state index contributed by atoms with van der Waals surface area (Å²) >= 11 is 5.82. The van der Waals surface area contributed by atoms with Gasteiger partial charge in [-0.25, -0.2) is 4.79 Å². The lowest BCUT2D eigenvalue weighted by Gasteiger charge is -2.22. The molecule has 0 fully saturated rings. The van der Waals surface area contributed by atoms with Gasteiger partial charge < -0.3 is 19.7 Å². The largest absolute Gasteiger partial charge is 0.383 e. The van der Waals surface area contributed by atoms with E-state index in [0.29, 0.717) is 37.9 Å². The van der Waals surface area contributed by atoms with Gasteiger partial charge >= 0.3 is 6.03 Å². The number of rotatable bonds is 8. The van der Waals surface area contributed by atoms with Gasteiger partial charge in [-0.15, -0.1) is 0 Å². The molecule has 1 N–H and O–H groups in total. The van der Waals surface area contributed by atoms with Crippen LogP contribution in [0.15, 0.2) is 24.3 Å². The Kier molecular flexibility index (Phi) is 8.02. The van der Waals surface area contributed by atoms with E-state index in [1.807, 2.05) is 12.1 Å². The number of nitrogens with one attached hydrogen (secondary N) is 1. The van der Waals surface area contributed by atoms with E-state index < -0.39 is 0 Å². The van der Waals surface area contributed by atoms with Crippen LogP contribution in [-0.4, -0.2) is 51.5 Å². The molecular weight excluding hydrogens is 280 g/mol. The van der Waals surface area contributed by atoms with Crippen LogP contribution >= 0.6 is 11.6 Å². The molecule has 20 heavy (non-hydrogen) atoms. The molecule has 1 rings (SSSR count). The van der Waals surface area contributed by atoms with Crippen molar-refractivity contribution in [3.63, 3.8) is 0 Å². The number of urea groups is 1. The van der Waals surface area contributed by atoms with Crippen molar-refractivity contribution in [2.75, 3.05) is 40.5 Å². The predicted octanol–water partition coefficient (Wildman–Crippen LogP) is 2.14. The molecule has 0 bridgehead atoms. The molecule has 0 atom stereocenters. The summed E-state index contributed by atoms with van der Waals surface area (Å²) in [5.41, 5.74) is 1.00. The Morgan fingerprint density at radius 3 is 2.20 bits per heavy atom. The van der Waals surface area contributed by atoms with Crippen LogP contribution in [0.5, 0.6) is 0 Å². The summed E-state index contributed by atoms with van der Waals surface area (Å²) in [4.78, 5) is 13.7. The van der Waals surface area contributed by atoms with Gasteiger partial charge in [0.05, 0.1) is 13.2 Å². The number of hydrogen-bond acceptors (Lipinski definition) is 3. The summed E-state index contributed by atoms with van der Waals surface area (Å²) < 4.78 is 10.0. The average Bonchev–Trinajstić information content (AvgIpc) is 2.46. The lowest BCUT2D eigenvalue weighted by atomic mass is 10.2. The fourth-order valence-corrected chi connectivity index (χ4v) is 1.74. The second kappa shape index (κ2) is 9.58. The van der Waals surface area contributed by atoms with Gasteiger partial charge in [-0.3, -0.25) is 0 Å². The van der Waals surface area contributed by atoms with Crippen molar-refractivity contribution in [1.82, 2.24) is 10.2 Å². The Morgan fingerprint density at radius 1 is 1.15 bits per heavy atom. The van der Waals surface area contributed by atoms with E-state index in [1.165, 1.54) is 0 Å². The highest BCUT2D eigenvalue weighted by Gasteiger charge is 2.12. The van der Waals surface area contributed by atoms with Crippen LogP contribution in [0.3, 0.4) is 0 Å². The zero-order valence-electron chi connectivity index (χ0n) is 11.9. The molecule has 1 aromatic carbocycles. The number of nitrogens with zero attached hydrogens (tertiary/aromatic N) is 1. The number of halogens is 1. The van der Waals surface area contributed by atoms with Gasteiger partial charge in [-0.2, -0.15) is 0 Å². The minimum atomic E-state index is -0.131. The standard InChI is InChI=1S/C14H21ClN2O3/c1-19-9-7-17(8-10-20-2)14(18)16-11-12-3-5-13(15)6-4-12/h3-6H,7-11H2,1-2H3,(H,16,18). The van der Waals surface area contributed by atoms with Crippen molar-refractivity contribution >= 4 is 17.6 Å². The molecular formula is C14H21ClN2O3. The molecule has 1 aromatic rings. The van der Waals surface area contributed by atoms with Crippen LogP contribution in [-0.2, 0) is 16.0 Å². The second-order valence-corrected chi connectivity index (χ2v) is 4.69. The first-order chi connectivity index (χ1) is 9.67. The molecule has 5 nitrogen and oxygen atoms in total. The third-order valence-corrected chi connectivity index (χ3v) is 3.03. The Balaban J connectivity index is 2.45. The number of carbonyl (C=O) groups excluding carboxylic acids is 1. The van der Waals surface area contributed by atoms with E-state index in [-0.39, 0.29) is 6.03 Å². The van der Waals surface area contributed by atoms with E-state index in [0.717, 1.165) is 5.56 Å².